The van der Waals surface area contributed by atoms with Crippen LogP contribution in [-0.4, -0.2) is 102 Å². The third-order valence-corrected chi connectivity index (χ3v) is 15.1. The van der Waals surface area contributed by atoms with Gasteiger partial charge in [-0.05, 0) is 118 Å². The second-order valence-electron chi connectivity index (χ2n) is 17.5. The molecule has 4 heterocycles. The molecular weight excluding hydrogens is 868 g/mol. The maximum Gasteiger partial charge on any atom is 0.301 e. The van der Waals surface area contributed by atoms with E-state index in [4.69, 9.17) is 4.74 Å². The molecule has 1 unspecified atom stereocenters. The van der Waals surface area contributed by atoms with E-state index in [9.17, 15) is 32.9 Å². The molecule has 1 saturated carbocycles. The minimum Gasteiger partial charge on any atom is -0.453 e. The minimum absolute atomic E-state index is 0.0146. The summed E-state index contributed by atoms with van der Waals surface area (Å²) in [7, 11) is -2.68. The molecule has 4 aromatic rings. The SMILES string of the molecule is CCN(C)S(=O)(=O)Nc1ccc(F)c(Oc2ccc3ncn([C@H]4CCC5(CCN(C(=O)CN6CCC(c7cc(F)c(NC8CCC(=O)NC8=O)cc7F)CC6)CC5)C4)c(=O)c3c2)c1C#N. The molecule has 4 aliphatic rings. The molecule has 4 fully saturated rings. The number of imide groups is 1. The zero-order valence-electron chi connectivity index (χ0n) is 36.0. The third kappa shape index (κ3) is 9.54. The van der Waals surface area contributed by atoms with Gasteiger partial charge >= 0.3 is 10.2 Å². The zero-order valence-corrected chi connectivity index (χ0v) is 36.9. The number of carbonyl (C=O) groups is 3. The third-order valence-electron chi connectivity index (χ3n) is 13.6. The van der Waals surface area contributed by atoms with Gasteiger partial charge in [-0.3, -0.25) is 38.7 Å². The Bertz CT molecular complexity index is 2750. The van der Waals surface area contributed by atoms with E-state index in [-0.39, 0.29) is 88.4 Å². The number of hydrogen-bond donors (Lipinski definition) is 3. The number of likely N-dealkylation sites (tertiary alicyclic amines) is 2. The van der Waals surface area contributed by atoms with Crippen LogP contribution in [0.2, 0.25) is 0 Å². The number of nitrogens with zero attached hydrogens (tertiary/aromatic N) is 6. The first-order valence-corrected chi connectivity index (χ1v) is 23.3. The van der Waals surface area contributed by atoms with Crippen LogP contribution in [0.1, 0.15) is 87.8 Å². The summed E-state index contributed by atoms with van der Waals surface area (Å²) < 4.78 is 81.7. The topological polar surface area (TPSA) is 199 Å². The quantitative estimate of drug-likeness (QED) is 0.151. The molecule has 1 aliphatic carbocycles. The van der Waals surface area contributed by atoms with Crippen LogP contribution in [0.15, 0.2) is 53.6 Å². The first kappa shape index (κ1) is 45.5. The summed E-state index contributed by atoms with van der Waals surface area (Å²) >= 11 is 0. The van der Waals surface area contributed by atoms with Gasteiger partial charge in [0.2, 0.25) is 17.7 Å². The van der Waals surface area contributed by atoms with E-state index in [1.165, 1.54) is 31.6 Å². The van der Waals surface area contributed by atoms with Gasteiger partial charge < -0.3 is 15.0 Å². The summed E-state index contributed by atoms with van der Waals surface area (Å²) in [6.45, 7) is 4.26. The maximum absolute atomic E-state index is 15.3. The van der Waals surface area contributed by atoms with Crippen molar-refractivity contribution < 1.29 is 40.7 Å². The molecule has 3 aromatic carbocycles. The van der Waals surface area contributed by atoms with Gasteiger partial charge in [-0.2, -0.15) is 18.0 Å². The van der Waals surface area contributed by atoms with Gasteiger partial charge in [-0.25, -0.2) is 18.2 Å². The fourth-order valence-corrected chi connectivity index (χ4v) is 10.5. The van der Waals surface area contributed by atoms with E-state index in [0.29, 0.717) is 44.5 Å². The first-order valence-electron chi connectivity index (χ1n) is 21.8. The molecule has 8 rings (SSSR count). The molecule has 3 aliphatic heterocycles. The normalized spacial score (nSPS) is 20.5. The monoisotopic (exact) mass is 917 g/mol. The summed E-state index contributed by atoms with van der Waals surface area (Å²) in [6, 6.07) is 9.69. The lowest BCUT2D eigenvalue weighted by Gasteiger charge is -2.40. The van der Waals surface area contributed by atoms with Crippen LogP contribution < -0.4 is 25.7 Å². The highest BCUT2D eigenvalue weighted by Gasteiger charge is 2.43. The van der Waals surface area contributed by atoms with Gasteiger partial charge in [0.1, 0.15) is 35.1 Å². The molecule has 344 valence electrons. The lowest BCUT2D eigenvalue weighted by atomic mass is 9.77. The number of aromatic nitrogens is 2. The second kappa shape index (κ2) is 18.4. The summed E-state index contributed by atoms with van der Waals surface area (Å²) in [5, 5.41) is 15.1. The maximum atomic E-state index is 15.3. The van der Waals surface area contributed by atoms with Gasteiger partial charge in [-0.15, -0.1) is 0 Å². The Labute approximate surface area is 373 Å². The Morgan fingerprint density at radius 2 is 1.72 bits per heavy atom. The number of ether oxygens (including phenoxy) is 1. The number of piperidine rings is 3. The average Bonchev–Trinajstić information content (AvgIpc) is 3.69. The number of hydrogen-bond acceptors (Lipinski definition) is 11. The Morgan fingerprint density at radius 1 is 0.969 bits per heavy atom. The van der Waals surface area contributed by atoms with Crippen molar-refractivity contribution in [3.63, 3.8) is 0 Å². The van der Waals surface area contributed by atoms with Gasteiger partial charge in [-0.1, -0.05) is 6.92 Å². The summed E-state index contributed by atoms with van der Waals surface area (Å²) in [4.78, 5) is 59.5. The molecule has 65 heavy (non-hydrogen) atoms. The van der Waals surface area contributed by atoms with Crippen LogP contribution >= 0.6 is 0 Å². The van der Waals surface area contributed by atoms with E-state index in [1.54, 1.807) is 17.6 Å². The van der Waals surface area contributed by atoms with Crippen molar-refractivity contribution in [3.8, 4) is 17.6 Å². The van der Waals surface area contributed by atoms with Gasteiger partial charge in [0.05, 0.1) is 35.1 Å². The molecule has 20 heteroatoms. The highest BCUT2D eigenvalue weighted by atomic mass is 32.2. The summed E-state index contributed by atoms with van der Waals surface area (Å²) in [5.74, 6) is -3.80. The van der Waals surface area contributed by atoms with Gasteiger partial charge in [0.25, 0.3) is 5.56 Å². The first-order chi connectivity index (χ1) is 31.1. The van der Waals surface area contributed by atoms with E-state index in [0.717, 1.165) is 54.6 Å². The van der Waals surface area contributed by atoms with Crippen LogP contribution in [0.5, 0.6) is 11.5 Å². The number of halogens is 3. The number of anilines is 2. The Morgan fingerprint density at radius 3 is 2.43 bits per heavy atom. The summed E-state index contributed by atoms with van der Waals surface area (Å²) in [5.41, 5.74) is -0.390. The zero-order chi connectivity index (χ0) is 46.2. The van der Waals surface area contributed by atoms with Crippen LogP contribution in [0, 0.1) is 34.2 Å². The fraction of sp³-hybridized carbons (Fsp3) is 0.467. The standard InChI is InChI=1S/C45H50F3N9O7S/c1-3-54(2)65(62,63)53-37-7-5-33(46)42(32(37)24-49)64-29-4-6-36-31(20-29)44(61)57(26-50-36)28-10-13-45(23-28)14-18-56(19-15-45)41(59)25-55-16-11-27(12-17-55)30-21-35(48)39(22-34(30)47)51-38-8-9-40(58)52-43(38)60/h4-7,20-22,26-28,38,51,53H,3,8-19,23,25H2,1-2H3,(H,52,58,60)/t28-,38?/m0/s1. The number of rotatable bonds is 12. The van der Waals surface area contributed by atoms with Gasteiger partial charge in [0.15, 0.2) is 11.6 Å². The van der Waals surface area contributed by atoms with Gasteiger partial charge in [0, 0.05) is 45.2 Å². The Balaban J connectivity index is 0.852. The predicted octanol–water partition coefficient (Wildman–Crippen LogP) is 5.52. The van der Waals surface area contributed by atoms with Crippen molar-refractivity contribution in [3.05, 3.63) is 87.7 Å². The molecule has 1 aromatic heterocycles. The molecular formula is C45H50F3N9O7S. The van der Waals surface area contributed by atoms with Crippen LogP contribution in [0.3, 0.4) is 0 Å². The van der Waals surface area contributed by atoms with E-state index in [1.807, 2.05) is 15.9 Å². The number of fused-ring (bicyclic) bond motifs is 1. The van der Waals surface area contributed by atoms with Crippen LogP contribution in [0.25, 0.3) is 10.9 Å². The lowest BCUT2D eigenvalue weighted by molar-refractivity contribution is -0.135. The molecule has 0 radical (unpaired) electrons. The number of carbonyl (C=O) groups excluding carboxylic acids is 3. The number of amides is 3. The highest BCUT2D eigenvalue weighted by molar-refractivity contribution is 7.90. The molecule has 3 N–H and O–H groups in total. The van der Waals surface area contributed by atoms with Crippen molar-refractivity contribution in [2.24, 2.45) is 5.41 Å². The lowest BCUT2D eigenvalue weighted by Crippen LogP contribution is -2.47. The van der Waals surface area contributed by atoms with E-state index < -0.39 is 51.3 Å². The smallest absolute Gasteiger partial charge is 0.301 e. The fourth-order valence-electron chi connectivity index (χ4n) is 9.59. The largest absolute Gasteiger partial charge is 0.453 e. The summed E-state index contributed by atoms with van der Waals surface area (Å²) in [6.07, 6.45) is 6.81. The number of nitrogens with one attached hydrogen (secondary N) is 3. The average molecular weight is 918 g/mol. The van der Waals surface area contributed by atoms with Crippen LogP contribution in [-0.2, 0) is 24.6 Å². The highest BCUT2D eigenvalue weighted by Crippen LogP contribution is 2.50. The second-order valence-corrected chi connectivity index (χ2v) is 19.3. The Kier molecular flexibility index (Phi) is 12.9. The molecule has 0 bridgehead atoms. The Hall–Kier alpha value is -6.04. The van der Waals surface area contributed by atoms with Crippen molar-refractivity contribution in [1.29, 1.82) is 5.26 Å². The minimum atomic E-state index is -4.03. The predicted molar refractivity (Wildman–Crippen MR) is 234 cm³/mol. The van der Waals surface area contributed by atoms with E-state index in [2.05, 4.69) is 20.3 Å². The number of nitriles is 1. The van der Waals surface area contributed by atoms with Crippen molar-refractivity contribution in [2.75, 3.05) is 56.4 Å². The molecule has 2 atom stereocenters. The molecule has 16 nitrogen and oxygen atoms in total. The van der Waals surface area contributed by atoms with Crippen molar-refractivity contribution >= 4 is 50.2 Å². The van der Waals surface area contributed by atoms with E-state index >= 15 is 13.2 Å². The molecule has 1 spiro atoms. The number of benzene rings is 3. The molecule has 3 amide bonds. The van der Waals surface area contributed by atoms with Crippen LogP contribution in [0.4, 0.5) is 24.5 Å². The van der Waals surface area contributed by atoms with Crippen molar-refractivity contribution in [1.82, 2.24) is 29.0 Å². The molecule has 3 saturated heterocycles. The van der Waals surface area contributed by atoms with Crippen molar-refractivity contribution in [2.45, 2.75) is 82.7 Å².